The number of piperazine rings is 1. The van der Waals surface area contributed by atoms with Crippen molar-refractivity contribution < 1.29 is 27.5 Å². The van der Waals surface area contributed by atoms with Crippen LogP contribution in [0.4, 0.5) is 4.79 Å². The molecular formula is C25H45N3O6S. The third-order valence-electron chi connectivity index (χ3n) is 8.57. The van der Waals surface area contributed by atoms with Crippen LogP contribution < -0.4 is 0 Å². The number of hydrogen-bond donors (Lipinski definition) is 0. The summed E-state index contributed by atoms with van der Waals surface area (Å²) >= 11 is 0. The Kier molecular flexibility index (Phi) is 9.48. The predicted octanol–water partition coefficient (Wildman–Crippen LogP) is 3.09. The van der Waals surface area contributed by atoms with Gasteiger partial charge in [-0.05, 0) is 64.2 Å². The maximum atomic E-state index is 13.5. The molecule has 0 bridgehead atoms. The predicted molar refractivity (Wildman–Crippen MR) is 134 cm³/mol. The molecule has 35 heavy (non-hydrogen) atoms. The zero-order chi connectivity index (χ0) is 25.9. The molecule has 3 aliphatic rings. The van der Waals surface area contributed by atoms with Crippen LogP contribution in [0.15, 0.2) is 0 Å². The quantitative estimate of drug-likeness (QED) is 0.517. The van der Waals surface area contributed by atoms with Gasteiger partial charge in [0, 0.05) is 39.7 Å². The number of rotatable bonds is 7. The number of fused-ring (bicyclic) bond motifs is 1. The van der Waals surface area contributed by atoms with Gasteiger partial charge in [0.2, 0.25) is 15.9 Å². The van der Waals surface area contributed by atoms with Crippen LogP contribution >= 0.6 is 0 Å². The van der Waals surface area contributed by atoms with E-state index < -0.39 is 15.3 Å². The minimum absolute atomic E-state index is 0.0255. The number of sulfonamides is 1. The second kappa shape index (κ2) is 11.8. The molecule has 7 atom stereocenters. The van der Waals surface area contributed by atoms with Crippen molar-refractivity contribution in [3.8, 4) is 0 Å². The number of methoxy groups -OCH3 is 1. The fraction of sp³-hybridized carbons (Fsp3) is 0.920. The molecule has 202 valence electrons. The normalized spacial score (nSPS) is 34.0. The van der Waals surface area contributed by atoms with Crippen LogP contribution in [-0.4, -0.2) is 97.4 Å². The molecular weight excluding hydrogens is 470 g/mol. The maximum absolute atomic E-state index is 13.5. The first-order valence-corrected chi connectivity index (χ1v) is 14.8. The Bertz CT molecular complexity index is 848. The molecule has 0 radical (unpaired) electrons. The molecule has 1 saturated heterocycles. The summed E-state index contributed by atoms with van der Waals surface area (Å²) in [6.45, 7) is 10.8. The Hall–Kier alpha value is -1.39. The standard InChI is InChI=1S/C25H45N3O6S/c1-7-26(8-2)35(31,32)24-15-20(11-13-23(24)33-6)19-10-12-21-22(14-19)27(25(30)34-9-3)16-17(4)28(21)18(5)29/h17,19-24H,7-16H2,1-6H3/t17-,19?,20?,21?,22?,23?,24?/m0/s1. The third kappa shape index (κ3) is 5.64. The van der Waals surface area contributed by atoms with Crippen LogP contribution in [0, 0.1) is 11.8 Å². The molecule has 1 heterocycles. The summed E-state index contributed by atoms with van der Waals surface area (Å²) in [7, 11) is -1.86. The van der Waals surface area contributed by atoms with Crippen molar-refractivity contribution in [2.24, 2.45) is 11.8 Å². The van der Waals surface area contributed by atoms with E-state index in [1.807, 2.05) is 30.6 Å². The lowest BCUT2D eigenvalue weighted by Crippen LogP contribution is -2.67. The van der Waals surface area contributed by atoms with E-state index in [1.54, 1.807) is 25.3 Å². The van der Waals surface area contributed by atoms with Crippen molar-refractivity contribution in [2.75, 3.05) is 33.4 Å². The fourth-order valence-corrected chi connectivity index (χ4v) is 9.19. The number of ether oxygens (including phenoxy) is 2. The molecule has 1 aliphatic heterocycles. The van der Waals surface area contributed by atoms with Crippen molar-refractivity contribution in [1.29, 1.82) is 0 Å². The van der Waals surface area contributed by atoms with E-state index in [2.05, 4.69) is 0 Å². The number of carbonyl (C=O) groups is 2. The fourth-order valence-electron chi connectivity index (χ4n) is 6.96. The highest BCUT2D eigenvalue weighted by Crippen LogP contribution is 2.44. The van der Waals surface area contributed by atoms with E-state index in [0.717, 1.165) is 32.1 Å². The Morgan fingerprint density at radius 3 is 2.17 bits per heavy atom. The Balaban J connectivity index is 1.83. The van der Waals surface area contributed by atoms with E-state index in [4.69, 9.17) is 9.47 Å². The van der Waals surface area contributed by atoms with E-state index in [1.165, 1.54) is 0 Å². The van der Waals surface area contributed by atoms with Gasteiger partial charge in [-0.15, -0.1) is 0 Å². The Labute approximate surface area is 211 Å². The minimum Gasteiger partial charge on any atom is -0.450 e. The molecule has 0 N–H and O–H groups in total. The summed E-state index contributed by atoms with van der Waals surface area (Å²) in [6, 6.07) is -0.191. The molecule has 0 aromatic heterocycles. The number of carbonyl (C=O) groups excluding carboxylic acids is 2. The second-order valence-corrected chi connectivity index (χ2v) is 12.5. The van der Waals surface area contributed by atoms with Gasteiger partial charge in [0.25, 0.3) is 0 Å². The lowest BCUT2D eigenvalue weighted by atomic mass is 9.69. The zero-order valence-corrected chi connectivity index (χ0v) is 23.1. The van der Waals surface area contributed by atoms with Crippen LogP contribution in [-0.2, 0) is 24.3 Å². The summed E-state index contributed by atoms with van der Waals surface area (Å²) in [5.74, 6) is 0.579. The Morgan fingerprint density at radius 2 is 1.60 bits per heavy atom. The molecule has 3 rings (SSSR count). The second-order valence-electron chi connectivity index (χ2n) is 10.3. The summed E-state index contributed by atoms with van der Waals surface area (Å²) < 4.78 is 39.5. The molecule has 6 unspecified atom stereocenters. The van der Waals surface area contributed by atoms with Crippen LogP contribution in [0.5, 0.6) is 0 Å². The van der Waals surface area contributed by atoms with Gasteiger partial charge in [0.15, 0.2) is 0 Å². The van der Waals surface area contributed by atoms with Gasteiger partial charge in [-0.3, -0.25) is 4.79 Å². The maximum Gasteiger partial charge on any atom is 0.410 e. The molecule has 3 fully saturated rings. The first-order valence-electron chi connectivity index (χ1n) is 13.3. The Morgan fingerprint density at radius 1 is 0.971 bits per heavy atom. The molecule has 2 aliphatic carbocycles. The first-order chi connectivity index (χ1) is 16.6. The van der Waals surface area contributed by atoms with Crippen molar-refractivity contribution in [1.82, 2.24) is 14.1 Å². The molecule has 2 amide bonds. The monoisotopic (exact) mass is 515 g/mol. The van der Waals surface area contributed by atoms with Gasteiger partial charge >= 0.3 is 6.09 Å². The molecule has 9 nitrogen and oxygen atoms in total. The summed E-state index contributed by atoms with van der Waals surface area (Å²) in [6.07, 6.45) is 4.09. The highest BCUT2D eigenvalue weighted by molar-refractivity contribution is 7.89. The van der Waals surface area contributed by atoms with Crippen molar-refractivity contribution in [3.05, 3.63) is 0 Å². The van der Waals surface area contributed by atoms with Crippen molar-refractivity contribution in [3.63, 3.8) is 0 Å². The molecule has 0 aromatic carbocycles. The van der Waals surface area contributed by atoms with Gasteiger partial charge in [-0.2, -0.15) is 0 Å². The lowest BCUT2D eigenvalue weighted by molar-refractivity contribution is -0.142. The van der Waals surface area contributed by atoms with Gasteiger partial charge in [-0.1, -0.05) is 13.8 Å². The van der Waals surface area contributed by atoms with Crippen LogP contribution in [0.25, 0.3) is 0 Å². The SMILES string of the molecule is CCOC(=O)N1C[C@H](C)N(C(C)=O)C2CCC(C3CCC(OC)C(S(=O)(=O)N(CC)CC)C3)CC21. The number of amides is 2. The minimum atomic E-state index is -3.47. The highest BCUT2D eigenvalue weighted by atomic mass is 32.2. The van der Waals surface area contributed by atoms with Crippen LogP contribution in [0.1, 0.15) is 73.1 Å². The van der Waals surface area contributed by atoms with Gasteiger partial charge < -0.3 is 19.3 Å². The molecule has 0 spiro atoms. The zero-order valence-electron chi connectivity index (χ0n) is 22.3. The summed E-state index contributed by atoms with van der Waals surface area (Å²) in [5.41, 5.74) is 0. The average molecular weight is 516 g/mol. The van der Waals surface area contributed by atoms with Gasteiger partial charge in [0.1, 0.15) is 5.25 Å². The van der Waals surface area contributed by atoms with Gasteiger partial charge in [-0.25, -0.2) is 17.5 Å². The average Bonchev–Trinajstić information content (AvgIpc) is 2.83. The molecule has 10 heteroatoms. The number of nitrogens with zero attached hydrogens (tertiary/aromatic N) is 3. The summed E-state index contributed by atoms with van der Waals surface area (Å²) in [5, 5.41) is -0.551. The largest absolute Gasteiger partial charge is 0.450 e. The van der Waals surface area contributed by atoms with Gasteiger partial charge in [0.05, 0.1) is 24.8 Å². The van der Waals surface area contributed by atoms with Crippen molar-refractivity contribution >= 4 is 22.0 Å². The summed E-state index contributed by atoms with van der Waals surface area (Å²) in [4.78, 5) is 29.1. The van der Waals surface area contributed by atoms with E-state index in [9.17, 15) is 18.0 Å². The van der Waals surface area contributed by atoms with Crippen LogP contribution in [0.3, 0.4) is 0 Å². The highest BCUT2D eigenvalue weighted by Gasteiger charge is 2.50. The molecule has 0 aromatic rings. The van der Waals surface area contributed by atoms with Crippen LogP contribution in [0.2, 0.25) is 0 Å². The van der Waals surface area contributed by atoms with Crippen molar-refractivity contribution in [2.45, 2.75) is 103 Å². The smallest absolute Gasteiger partial charge is 0.410 e. The van der Waals surface area contributed by atoms with E-state index in [0.29, 0.717) is 38.6 Å². The van der Waals surface area contributed by atoms with E-state index in [-0.39, 0.29) is 42.1 Å². The third-order valence-corrected chi connectivity index (χ3v) is 11.1. The number of hydrogen-bond acceptors (Lipinski definition) is 6. The topological polar surface area (TPSA) is 96.5 Å². The lowest BCUT2D eigenvalue weighted by Gasteiger charge is -2.54. The first kappa shape index (κ1) is 28.2. The molecule has 2 saturated carbocycles. The van der Waals surface area contributed by atoms with E-state index >= 15 is 0 Å².